The van der Waals surface area contributed by atoms with E-state index in [9.17, 15) is 14.3 Å². The normalized spacial score (nSPS) is 12.2. The number of amides is 1. The zero-order chi connectivity index (χ0) is 17.7. The first-order valence-corrected chi connectivity index (χ1v) is 7.71. The molecule has 2 N–H and O–H groups in total. The van der Waals surface area contributed by atoms with Crippen molar-refractivity contribution in [1.29, 1.82) is 0 Å². The van der Waals surface area contributed by atoms with Crippen molar-refractivity contribution in [3.63, 3.8) is 0 Å². The van der Waals surface area contributed by atoms with Crippen molar-refractivity contribution < 1.29 is 19.0 Å². The average Bonchev–Trinajstić information content (AvgIpc) is 2.83. The van der Waals surface area contributed by atoms with Gasteiger partial charge in [-0.25, -0.2) is 9.07 Å². The van der Waals surface area contributed by atoms with Crippen LogP contribution < -0.4 is 5.32 Å². The van der Waals surface area contributed by atoms with E-state index in [-0.39, 0.29) is 18.3 Å². The number of halogens is 1. The largest absolute Gasteiger partial charge is 0.391 e. The van der Waals surface area contributed by atoms with E-state index < -0.39 is 6.10 Å². The predicted molar refractivity (Wildman–Crippen MR) is 87.8 cm³/mol. The molecule has 1 amide bonds. The number of ether oxygens (including phenoxy) is 1. The highest BCUT2D eigenvalue weighted by Gasteiger charge is 2.19. The summed E-state index contributed by atoms with van der Waals surface area (Å²) in [5.41, 5.74) is 2.44. The van der Waals surface area contributed by atoms with Gasteiger partial charge in [-0.05, 0) is 44.5 Å². The summed E-state index contributed by atoms with van der Waals surface area (Å²) in [5.74, 6) is -0.573. The number of hydrogen-bond acceptors (Lipinski definition) is 4. The molecule has 6 nitrogen and oxygen atoms in total. The highest BCUT2D eigenvalue weighted by molar-refractivity contribution is 5.96. The van der Waals surface area contributed by atoms with Gasteiger partial charge in [-0.3, -0.25) is 4.79 Å². The minimum absolute atomic E-state index is 0.233. The molecule has 1 atom stereocenters. The number of benzene rings is 1. The van der Waals surface area contributed by atoms with Gasteiger partial charge in [0, 0.05) is 13.7 Å². The summed E-state index contributed by atoms with van der Waals surface area (Å²) in [6.07, 6.45) is -0.205. The molecular weight excluding hydrogens is 313 g/mol. The molecule has 0 fully saturated rings. The van der Waals surface area contributed by atoms with E-state index in [2.05, 4.69) is 10.4 Å². The van der Waals surface area contributed by atoms with E-state index in [4.69, 9.17) is 4.74 Å². The Labute approximate surface area is 140 Å². The summed E-state index contributed by atoms with van der Waals surface area (Å²) >= 11 is 0. The molecule has 0 saturated heterocycles. The smallest absolute Gasteiger partial charge is 0.255 e. The molecule has 0 bridgehead atoms. The van der Waals surface area contributed by atoms with Gasteiger partial charge in [0.1, 0.15) is 5.82 Å². The lowest BCUT2D eigenvalue weighted by molar-refractivity contribution is 0.0587. The van der Waals surface area contributed by atoms with Crippen LogP contribution in [0.25, 0.3) is 5.69 Å². The third-order valence-corrected chi connectivity index (χ3v) is 3.71. The number of rotatable bonds is 7. The molecule has 0 spiro atoms. The van der Waals surface area contributed by atoms with Crippen LogP contribution in [0.4, 0.5) is 4.39 Å². The standard InChI is InChI=1S/C17H22FN3O3/c1-11-16(17(23)19-9-8-15(22)10-24-3)12(2)21(20-11)14-6-4-13(18)5-7-14/h4-7,15,22H,8-10H2,1-3H3,(H,19,23). The summed E-state index contributed by atoms with van der Waals surface area (Å²) in [6.45, 7) is 4.11. The first-order chi connectivity index (χ1) is 11.4. The molecule has 7 heteroatoms. The zero-order valence-electron chi connectivity index (χ0n) is 14.0. The molecule has 0 aliphatic heterocycles. The minimum atomic E-state index is -0.612. The number of carbonyl (C=O) groups is 1. The van der Waals surface area contributed by atoms with Crippen molar-refractivity contribution in [3.8, 4) is 5.69 Å². The van der Waals surface area contributed by atoms with Gasteiger partial charge in [0.2, 0.25) is 0 Å². The third kappa shape index (κ3) is 4.18. The number of methoxy groups -OCH3 is 1. The van der Waals surface area contributed by atoms with Gasteiger partial charge in [0.25, 0.3) is 5.91 Å². The molecule has 2 aromatic rings. The molecule has 1 unspecified atom stereocenters. The van der Waals surface area contributed by atoms with Crippen molar-refractivity contribution in [1.82, 2.24) is 15.1 Å². The summed E-state index contributed by atoms with van der Waals surface area (Å²) in [7, 11) is 1.51. The van der Waals surface area contributed by atoms with E-state index in [0.29, 0.717) is 35.6 Å². The predicted octanol–water partition coefficient (Wildman–Crippen LogP) is 1.76. The first-order valence-electron chi connectivity index (χ1n) is 7.71. The Kier molecular flexibility index (Phi) is 6.05. The molecule has 0 aliphatic rings. The van der Waals surface area contributed by atoms with Crippen LogP contribution in [-0.4, -0.2) is 47.2 Å². The number of aliphatic hydroxyl groups is 1. The lowest BCUT2D eigenvalue weighted by atomic mass is 10.1. The number of aromatic nitrogens is 2. The van der Waals surface area contributed by atoms with Crippen LogP contribution in [0.2, 0.25) is 0 Å². The molecule has 24 heavy (non-hydrogen) atoms. The Bertz CT molecular complexity index is 698. The molecule has 0 radical (unpaired) electrons. The molecule has 0 saturated carbocycles. The number of nitrogens with one attached hydrogen (secondary N) is 1. The fraction of sp³-hybridized carbons (Fsp3) is 0.412. The second-order valence-corrected chi connectivity index (χ2v) is 5.59. The van der Waals surface area contributed by atoms with Crippen LogP contribution in [0, 0.1) is 19.7 Å². The van der Waals surface area contributed by atoms with E-state index in [0.717, 1.165) is 0 Å². The SMILES string of the molecule is COCC(O)CCNC(=O)c1c(C)nn(-c2ccc(F)cc2)c1C. The first kappa shape index (κ1) is 18.1. The van der Waals surface area contributed by atoms with Crippen LogP contribution in [0.5, 0.6) is 0 Å². The topological polar surface area (TPSA) is 76.4 Å². The van der Waals surface area contributed by atoms with E-state index in [1.165, 1.54) is 19.2 Å². The van der Waals surface area contributed by atoms with E-state index >= 15 is 0 Å². The Morgan fingerprint density at radius 2 is 2.04 bits per heavy atom. The highest BCUT2D eigenvalue weighted by atomic mass is 19.1. The van der Waals surface area contributed by atoms with Gasteiger partial charge in [-0.15, -0.1) is 0 Å². The summed E-state index contributed by atoms with van der Waals surface area (Å²) < 4.78 is 19.5. The molecule has 1 heterocycles. The van der Waals surface area contributed by atoms with Gasteiger partial charge >= 0.3 is 0 Å². The Morgan fingerprint density at radius 1 is 1.38 bits per heavy atom. The van der Waals surface area contributed by atoms with E-state index in [1.54, 1.807) is 30.7 Å². The van der Waals surface area contributed by atoms with Gasteiger partial charge in [-0.1, -0.05) is 0 Å². The molecule has 2 rings (SSSR count). The maximum atomic E-state index is 13.1. The number of carbonyl (C=O) groups excluding carboxylic acids is 1. The monoisotopic (exact) mass is 335 g/mol. The van der Waals surface area contributed by atoms with Crippen molar-refractivity contribution in [2.45, 2.75) is 26.4 Å². The minimum Gasteiger partial charge on any atom is -0.391 e. The molecular formula is C17H22FN3O3. The van der Waals surface area contributed by atoms with Gasteiger partial charge < -0.3 is 15.2 Å². The van der Waals surface area contributed by atoms with Gasteiger partial charge in [0.05, 0.1) is 35.3 Å². The lowest BCUT2D eigenvalue weighted by Gasteiger charge is -2.10. The van der Waals surface area contributed by atoms with E-state index in [1.807, 2.05) is 0 Å². The van der Waals surface area contributed by atoms with Crippen LogP contribution in [0.15, 0.2) is 24.3 Å². The number of aryl methyl sites for hydroxylation is 1. The summed E-state index contributed by atoms with van der Waals surface area (Å²) in [6, 6.07) is 5.92. The number of aliphatic hydroxyl groups excluding tert-OH is 1. The van der Waals surface area contributed by atoms with Crippen molar-refractivity contribution in [2.24, 2.45) is 0 Å². The number of hydrogen-bond donors (Lipinski definition) is 2. The molecule has 1 aromatic carbocycles. The van der Waals surface area contributed by atoms with Crippen molar-refractivity contribution in [2.75, 3.05) is 20.3 Å². The zero-order valence-corrected chi connectivity index (χ0v) is 14.0. The Hall–Kier alpha value is -2.25. The van der Waals surface area contributed by atoms with Crippen LogP contribution >= 0.6 is 0 Å². The summed E-state index contributed by atoms with van der Waals surface area (Å²) in [5, 5.41) is 16.7. The molecule has 0 aliphatic carbocycles. The van der Waals surface area contributed by atoms with Crippen molar-refractivity contribution in [3.05, 3.63) is 47.0 Å². The summed E-state index contributed by atoms with van der Waals surface area (Å²) in [4.78, 5) is 12.4. The Morgan fingerprint density at radius 3 is 2.67 bits per heavy atom. The van der Waals surface area contributed by atoms with Crippen molar-refractivity contribution >= 4 is 5.91 Å². The fourth-order valence-electron chi connectivity index (χ4n) is 2.52. The second-order valence-electron chi connectivity index (χ2n) is 5.59. The van der Waals surface area contributed by atoms with Crippen LogP contribution in [-0.2, 0) is 4.74 Å². The lowest BCUT2D eigenvalue weighted by Crippen LogP contribution is -2.29. The van der Waals surface area contributed by atoms with Gasteiger partial charge in [-0.2, -0.15) is 5.10 Å². The fourth-order valence-corrected chi connectivity index (χ4v) is 2.52. The quantitative estimate of drug-likeness (QED) is 0.808. The maximum absolute atomic E-state index is 13.1. The number of nitrogens with zero attached hydrogens (tertiary/aromatic N) is 2. The Balaban J connectivity index is 2.10. The maximum Gasteiger partial charge on any atom is 0.255 e. The molecule has 130 valence electrons. The van der Waals surface area contributed by atoms with Gasteiger partial charge in [0.15, 0.2) is 0 Å². The molecule has 1 aromatic heterocycles. The average molecular weight is 335 g/mol. The third-order valence-electron chi connectivity index (χ3n) is 3.71. The second kappa shape index (κ2) is 8.03. The van der Waals surface area contributed by atoms with Crippen LogP contribution in [0.3, 0.4) is 0 Å². The highest BCUT2D eigenvalue weighted by Crippen LogP contribution is 2.18. The van der Waals surface area contributed by atoms with Crippen LogP contribution in [0.1, 0.15) is 28.2 Å².